The third-order valence-electron chi connectivity index (χ3n) is 5.00. The summed E-state index contributed by atoms with van der Waals surface area (Å²) in [6.45, 7) is 0. The summed E-state index contributed by atoms with van der Waals surface area (Å²) >= 11 is 2.09. The molecule has 1 saturated carbocycles. The van der Waals surface area contributed by atoms with E-state index in [1.165, 1.54) is 61.2 Å². The Balaban J connectivity index is 1.67. The zero-order chi connectivity index (χ0) is 13.8. The van der Waals surface area contributed by atoms with Crippen LogP contribution in [0.15, 0.2) is 24.3 Å². The third kappa shape index (κ3) is 3.38. The van der Waals surface area contributed by atoms with Crippen molar-refractivity contribution in [2.24, 2.45) is 11.8 Å². The zero-order valence-electron chi connectivity index (χ0n) is 12.2. The van der Waals surface area contributed by atoms with Crippen LogP contribution in [0.4, 0.5) is 0 Å². The largest absolute Gasteiger partial charge is 0.271 e. The van der Waals surface area contributed by atoms with Gasteiger partial charge in [-0.05, 0) is 66.6 Å². The van der Waals surface area contributed by atoms with Crippen LogP contribution in [0.5, 0.6) is 0 Å². The molecule has 3 rings (SSSR count). The molecule has 0 radical (unpaired) electrons. The van der Waals surface area contributed by atoms with Crippen LogP contribution in [0.1, 0.15) is 61.6 Å². The molecule has 3 heteroatoms. The van der Waals surface area contributed by atoms with Gasteiger partial charge >= 0.3 is 0 Å². The summed E-state index contributed by atoms with van der Waals surface area (Å²) in [4.78, 5) is 0. The van der Waals surface area contributed by atoms with E-state index in [2.05, 4.69) is 41.5 Å². The van der Waals surface area contributed by atoms with Gasteiger partial charge in [0.05, 0.1) is 0 Å². The number of nitrogens with one attached hydrogen (secondary N) is 1. The SMILES string of the molecule is NNC(CC1CCSCC1)c1cccc(C2CCC2)c1. The van der Waals surface area contributed by atoms with E-state index in [1.807, 2.05) is 0 Å². The quantitative estimate of drug-likeness (QED) is 0.636. The van der Waals surface area contributed by atoms with Crippen LogP contribution in [0, 0.1) is 5.92 Å². The van der Waals surface area contributed by atoms with E-state index in [9.17, 15) is 0 Å². The molecular formula is C17H26N2S. The molecule has 1 aliphatic heterocycles. The molecule has 0 spiro atoms. The van der Waals surface area contributed by atoms with Gasteiger partial charge in [-0.25, -0.2) is 0 Å². The molecule has 2 fully saturated rings. The van der Waals surface area contributed by atoms with Crippen LogP contribution in [0.2, 0.25) is 0 Å². The Morgan fingerprint density at radius 2 is 2.00 bits per heavy atom. The van der Waals surface area contributed by atoms with Crippen LogP contribution < -0.4 is 11.3 Å². The Kier molecular flexibility index (Phi) is 5.03. The van der Waals surface area contributed by atoms with Gasteiger partial charge < -0.3 is 0 Å². The molecule has 1 saturated heterocycles. The molecule has 1 heterocycles. The van der Waals surface area contributed by atoms with Crippen molar-refractivity contribution in [2.75, 3.05) is 11.5 Å². The van der Waals surface area contributed by atoms with Gasteiger partial charge in [-0.2, -0.15) is 11.8 Å². The Hall–Kier alpha value is -0.510. The smallest absolute Gasteiger partial charge is 0.0462 e. The minimum Gasteiger partial charge on any atom is -0.271 e. The Labute approximate surface area is 126 Å². The first-order valence-electron chi connectivity index (χ1n) is 8.00. The van der Waals surface area contributed by atoms with E-state index in [4.69, 9.17) is 5.84 Å². The van der Waals surface area contributed by atoms with Gasteiger partial charge in [0.15, 0.2) is 0 Å². The highest BCUT2D eigenvalue weighted by Gasteiger charge is 2.22. The molecule has 1 aromatic carbocycles. The van der Waals surface area contributed by atoms with Gasteiger partial charge in [-0.3, -0.25) is 11.3 Å². The second-order valence-electron chi connectivity index (χ2n) is 6.31. The molecule has 1 unspecified atom stereocenters. The van der Waals surface area contributed by atoms with Crippen LogP contribution >= 0.6 is 11.8 Å². The van der Waals surface area contributed by atoms with Crippen molar-refractivity contribution in [1.29, 1.82) is 0 Å². The number of benzene rings is 1. The lowest BCUT2D eigenvalue weighted by molar-refractivity contribution is 0.372. The Morgan fingerprint density at radius 3 is 2.65 bits per heavy atom. The normalized spacial score (nSPS) is 22.4. The van der Waals surface area contributed by atoms with E-state index in [1.54, 1.807) is 0 Å². The fourth-order valence-electron chi connectivity index (χ4n) is 3.39. The predicted molar refractivity (Wildman–Crippen MR) is 87.8 cm³/mol. The summed E-state index contributed by atoms with van der Waals surface area (Å²) in [7, 11) is 0. The van der Waals surface area contributed by atoms with Crippen LogP contribution in [0.25, 0.3) is 0 Å². The van der Waals surface area contributed by atoms with Crippen LogP contribution in [-0.2, 0) is 0 Å². The summed E-state index contributed by atoms with van der Waals surface area (Å²) in [6.07, 6.45) is 8.02. The van der Waals surface area contributed by atoms with E-state index in [-0.39, 0.29) is 0 Å². The second kappa shape index (κ2) is 6.97. The third-order valence-corrected chi connectivity index (χ3v) is 6.05. The molecule has 3 N–H and O–H groups in total. The van der Waals surface area contributed by atoms with Gasteiger partial charge in [-0.1, -0.05) is 30.7 Å². The number of rotatable bonds is 5. The minimum atomic E-state index is 0.322. The lowest BCUT2D eigenvalue weighted by Gasteiger charge is -2.29. The van der Waals surface area contributed by atoms with Gasteiger partial charge in [0.2, 0.25) is 0 Å². The van der Waals surface area contributed by atoms with Crippen molar-refractivity contribution in [2.45, 2.75) is 50.5 Å². The fourth-order valence-corrected chi connectivity index (χ4v) is 4.59. The van der Waals surface area contributed by atoms with Crippen molar-refractivity contribution in [3.8, 4) is 0 Å². The molecule has 0 amide bonds. The molecule has 0 bridgehead atoms. The first kappa shape index (κ1) is 14.4. The average molecular weight is 290 g/mol. The van der Waals surface area contributed by atoms with Crippen molar-refractivity contribution in [3.63, 3.8) is 0 Å². The topological polar surface area (TPSA) is 38.0 Å². The van der Waals surface area contributed by atoms with Crippen molar-refractivity contribution in [3.05, 3.63) is 35.4 Å². The second-order valence-corrected chi connectivity index (χ2v) is 7.53. The first-order valence-corrected chi connectivity index (χ1v) is 9.16. The van der Waals surface area contributed by atoms with E-state index >= 15 is 0 Å². The summed E-state index contributed by atoms with van der Waals surface area (Å²) in [5.41, 5.74) is 5.97. The molecule has 2 aliphatic rings. The van der Waals surface area contributed by atoms with Gasteiger partial charge in [0.25, 0.3) is 0 Å². The highest BCUT2D eigenvalue weighted by molar-refractivity contribution is 7.99. The number of hydrazine groups is 1. The van der Waals surface area contributed by atoms with E-state index in [0.29, 0.717) is 6.04 Å². The summed E-state index contributed by atoms with van der Waals surface area (Å²) in [5.74, 6) is 10.1. The lowest BCUT2D eigenvalue weighted by Crippen LogP contribution is -2.30. The molecular weight excluding hydrogens is 264 g/mol. The van der Waals surface area contributed by atoms with Gasteiger partial charge in [0.1, 0.15) is 0 Å². The lowest BCUT2D eigenvalue weighted by atomic mass is 9.79. The average Bonchev–Trinajstić information content (AvgIpc) is 2.44. The van der Waals surface area contributed by atoms with Crippen molar-refractivity contribution < 1.29 is 0 Å². The monoisotopic (exact) mass is 290 g/mol. The molecule has 1 aliphatic carbocycles. The first-order chi connectivity index (χ1) is 9.86. The fraction of sp³-hybridized carbons (Fsp3) is 0.647. The number of nitrogens with two attached hydrogens (primary N) is 1. The summed E-state index contributed by atoms with van der Waals surface area (Å²) in [5, 5.41) is 0. The molecule has 1 atom stereocenters. The molecule has 110 valence electrons. The van der Waals surface area contributed by atoms with E-state index < -0.39 is 0 Å². The van der Waals surface area contributed by atoms with Crippen molar-refractivity contribution in [1.82, 2.24) is 5.43 Å². The standard InChI is InChI=1S/C17H26N2S/c18-19-17(11-13-7-9-20-10-8-13)16-6-2-5-15(12-16)14-3-1-4-14/h2,5-6,12-14,17,19H,1,3-4,7-11,18H2. The van der Waals surface area contributed by atoms with E-state index in [0.717, 1.165) is 11.8 Å². The zero-order valence-corrected chi connectivity index (χ0v) is 13.0. The maximum atomic E-state index is 5.84. The summed E-state index contributed by atoms with van der Waals surface area (Å²) < 4.78 is 0. The highest BCUT2D eigenvalue weighted by atomic mass is 32.2. The van der Waals surface area contributed by atoms with Gasteiger partial charge in [-0.15, -0.1) is 0 Å². The minimum absolute atomic E-state index is 0.322. The van der Waals surface area contributed by atoms with Crippen LogP contribution in [0.3, 0.4) is 0 Å². The number of hydrogen-bond donors (Lipinski definition) is 2. The number of thioether (sulfide) groups is 1. The number of hydrogen-bond acceptors (Lipinski definition) is 3. The molecule has 20 heavy (non-hydrogen) atoms. The maximum absolute atomic E-state index is 5.84. The van der Waals surface area contributed by atoms with Crippen molar-refractivity contribution >= 4 is 11.8 Å². The highest BCUT2D eigenvalue weighted by Crippen LogP contribution is 2.38. The molecule has 0 aromatic heterocycles. The maximum Gasteiger partial charge on any atom is 0.0462 e. The van der Waals surface area contributed by atoms with Crippen LogP contribution in [-0.4, -0.2) is 11.5 Å². The Bertz CT molecular complexity index is 425. The summed E-state index contributed by atoms with van der Waals surface area (Å²) in [6, 6.07) is 9.46. The predicted octanol–water partition coefficient (Wildman–Crippen LogP) is 3.99. The van der Waals surface area contributed by atoms with Gasteiger partial charge in [0, 0.05) is 6.04 Å². The molecule has 1 aromatic rings. The Morgan fingerprint density at radius 1 is 1.20 bits per heavy atom. The molecule has 2 nitrogen and oxygen atoms in total.